The number of hydrogen-bond donors (Lipinski definition) is 1. The van der Waals surface area contributed by atoms with E-state index in [0.29, 0.717) is 18.2 Å². The highest BCUT2D eigenvalue weighted by molar-refractivity contribution is 7.09. The van der Waals surface area contributed by atoms with Gasteiger partial charge in [-0.1, -0.05) is 20.3 Å². The molecule has 1 amide bonds. The molecule has 0 aromatic carbocycles. The quantitative estimate of drug-likeness (QED) is 0.825. The Balaban J connectivity index is 2.70. The van der Waals surface area contributed by atoms with Crippen molar-refractivity contribution in [3.8, 4) is 0 Å². The van der Waals surface area contributed by atoms with E-state index in [2.05, 4.69) is 18.8 Å². The SMILES string of the molecule is CCC(C)CN(CC)C(=O)c1csc(CCN)n1. The normalized spacial score (nSPS) is 12.4. The van der Waals surface area contributed by atoms with Crippen molar-refractivity contribution in [2.45, 2.75) is 33.6 Å². The minimum Gasteiger partial charge on any atom is -0.337 e. The number of thiazole rings is 1. The molecule has 1 rings (SSSR count). The fraction of sp³-hybridized carbons (Fsp3) is 0.692. The lowest BCUT2D eigenvalue weighted by Gasteiger charge is -2.23. The minimum atomic E-state index is 0.0392. The van der Waals surface area contributed by atoms with Crippen molar-refractivity contribution in [2.75, 3.05) is 19.6 Å². The Morgan fingerprint density at radius 2 is 2.28 bits per heavy atom. The van der Waals surface area contributed by atoms with E-state index in [9.17, 15) is 4.79 Å². The first kappa shape index (κ1) is 15.1. The molecule has 0 saturated heterocycles. The maximum Gasteiger partial charge on any atom is 0.273 e. The highest BCUT2D eigenvalue weighted by Gasteiger charge is 2.18. The maximum absolute atomic E-state index is 12.3. The Bertz CT molecular complexity index is 378. The van der Waals surface area contributed by atoms with E-state index in [-0.39, 0.29) is 5.91 Å². The van der Waals surface area contributed by atoms with E-state index in [0.717, 1.165) is 30.9 Å². The van der Waals surface area contributed by atoms with Crippen molar-refractivity contribution >= 4 is 17.2 Å². The summed E-state index contributed by atoms with van der Waals surface area (Å²) in [5.41, 5.74) is 6.05. The Hall–Kier alpha value is -0.940. The second-order valence-electron chi connectivity index (χ2n) is 4.52. The molecule has 0 fully saturated rings. The molecule has 1 heterocycles. The Morgan fingerprint density at radius 1 is 1.56 bits per heavy atom. The predicted octanol–water partition coefficient (Wildman–Crippen LogP) is 2.15. The number of hydrogen-bond acceptors (Lipinski definition) is 4. The first-order chi connectivity index (χ1) is 8.62. The van der Waals surface area contributed by atoms with Gasteiger partial charge in [0, 0.05) is 24.9 Å². The van der Waals surface area contributed by atoms with Gasteiger partial charge in [0.1, 0.15) is 5.69 Å². The fourth-order valence-electron chi connectivity index (χ4n) is 1.67. The van der Waals surface area contributed by atoms with Gasteiger partial charge in [0.05, 0.1) is 5.01 Å². The molecule has 0 saturated carbocycles. The van der Waals surface area contributed by atoms with Gasteiger partial charge in [-0.3, -0.25) is 4.79 Å². The lowest BCUT2D eigenvalue weighted by molar-refractivity contribution is 0.0735. The molecule has 4 nitrogen and oxygen atoms in total. The maximum atomic E-state index is 12.3. The van der Waals surface area contributed by atoms with Gasteiger partial charge in [-0.2, -0.15) is 0 Å². The Morgan fingerprint density at radius 3 is 2.83 bits per heavy atom. The molecular formula is C13H23N3OS. The summed E-state index contributed by atoms with van der Waals surface area (Å²) in [6, 6.07) is 0. The predicted molar refractivity (Wildman–Crippen MR) is 75.9 cm³/mol. The van der Waals surface area contributed by atoms with Crippen molar-refractivity contribution < 1.29 is 4.79 Å². The minimum absolute atomic E-state index is 0.0392. The van der Waals surface area contributed by atoms with Crippen molar-refractivity contribution in [2.24, 2.45) is 11.7 Å². The molecule has 0 aliphatic carbocycles. The van der Waals surface area contributed by atoms with Crippen LogP contribution in [0.2, 0.25) is 0 Å². The molecule has 18 heavy (non-hydrogen) atoms. The smallest absolute Gasteiger partial charge is 0.273 e. The molecule has 1 atom stereocenters. The monoisotopic (exact) mass is 269 g/mol. The number of carbonyl (C=O) groups is 1. The molecule has 1 aromatic rings. The first-order valence-corrected chi connectivity index (χ1v) is 7.44. The van der Waals surface area contributed by atoms with E-state index < -0.39 is 0 Å². The standard InChI is InChI=1S/C13H23N3OS/c1-4-10(3)8-16(5-2)13(17)11-9-18-12(15-11)6-7-14/h9-10H,4-8,14H2,1-3H3. The van der Waals surface area contributed by atoms with Crippen LogP contribution in [0.3, 0.4) is 0 Å². The summed E-state index contributed by atoms with van der Waals surface area (Å²) in [5.74, 6) is 0.563. The first-order valence-electron chi connectivity index (χ1n) is 6.56. The van der Waals surface area contributed by atoms with Crippen molar-refractivity contribution in [3.05, 3.63) is 16.1 Å². The number of aromatic nitrogens is 1. The summed E-state index contributed by atoms with van der Waals surface area (Å²) in [4.78, 5) is 18.5. The molecule has 0 aliphatic rings. The summed E-state index contributed by atoms with van der Waals surface area (Å²) < 4.78 is 0. The third-order valence-electron chi connectivity index (χ3n) is 3.03. The van der Waals surface area contributed by atoms with Crippen molar-refractivity contribution in [1.82, 2.24) is 9.88 Å². The van der Waals surface area contributed by atoms with E-state index in [1.165, 1.54) is 11.3 Å². The van der Waals surface area contributed by atoms with Crippen LogP contribution in [0.4, 0.5) is 0 Å². The van der Waals surface area contributed by atoms with E-state index in [1.54, 1.807) is 0 Å². The third kappa shape index (κ3) is 4.07. The van der Waals surface area contributed by atoms with E-state index in [4.69, 9.17) is 5.73 Å². The zero-order chi connectivity index (χ0) is 13.5. The molecule has 0 radical (unpaired) electrons. The summed E-state index contributed by atoms with van der Waals surface area (Å²) in [7, 11) is 0. The number of nitrogens with two attached hydrogens (primary N) is 1. The number of nitrogens with zero attached hydrogens (tertiary/aromatic N) is 2. The lowest BCUT2D eigenvalue weighted by atomic mass is 10.1. The Labute approximate surface area is 113 Å². The fourth-order valence-corrected chi connectivity index (χ4v) is 2.46. The van der Waals surface area contributed by atoms with Crippen LogP contribution in [-0.2, 0) is 6.42 Å². The second kappa shape index (κ2) is 7.48. The highest BCUT2D eigenvalue weighted by Crippen LogP contribution is 2.14. The molecule has 5 heteroatoms. The Kier molecular flexibility index (Phi) is 6.29. The van der Waals surface area contributed by atoms with Crippen LogP contribution in [0.1, 0.15) is 42.7 Å². The van der Waals surface area contributed by atoms with Crippen LogP contribution >= 0.6 is 11.3 Å². The van der Waals surface area contributed by atoms with Crippen LogP contribution in [0.5, 0.6) is 0 Å². The van der Waals surface area contributed by atoms with Crippen LogP contribution in [0.15, 0.2) is 5.38 Å². The molecule has 0 spiro atoms. The summed E-state index contributed by atoms with van der Waals surface area (Å²) in [6.07, 6.45) is 1.83. The van der Waals surface area contributed by atoms with Crippen LogP contribution in [0, 0.1) is 5.92 Å². The van der Waals surface area contributed by atoms with Gasteiger partial charge < -0.3 is 10.6 Å². The molecule has 102 valence electrons. The van der Waals surface area contributed by atoms with Crippen LogP contribution in [0.25, 0.3) is 0 Å². The number of carbonyl (C=O) groups excluding carboxylic acids is 1. The highest BCUT2D eigenvalue weighted by atomic mass is 32.1. The van der Waals surface area contributed by atoms with E-state index >= 15 is 0 Å². The molecule has 2 N–H and O–H groups in total. The number of amides is 1. The topological polar surface area (TPSA) is 59.2 Å². The zero-order valence-electron chi connectivity index (χ0n) is 11.5. The summed E-state index contributed by atoms with van der Waals surface area (Å²) >= 11 is 1.52. The number of rotatable bonds is 7. The second-order valence-corrected chi connectivity index (χ2v) is 5.47. The largest absolute Gasteiger partial charge is 0.337 e. The van der Waals surface area contributed by atoms with Gasteiger partial charge in [-0.05, 0) is 19.4 Å². The lowest BCUT2D eigenvalue weighted by Crippen LogP contribution is -2.34. The summed E-state index contributed by atoms with van der Waals surface area (Å²) in [6.45, 7) is 8.42. The van der Waals surface area contributed by atoms with Gasteiger partial charge >= 0.3 is 0 Å². The van der Waals surface area contributed by atoms with Gasteiger partial charge in [-0.15, -0.1) is 11.3 Å². The van der Waals surface area contributed by atoms with Crippen molar-refractivity contribution in [1.29, 1.82) is 0 Å². The van der Waals surface area contributed by atoms with Crippen molar-refractivity contribution in [3.63, 3.8) is 0 Å². The molecule has 1 unspecified atom stereocenters. The van der Waals surface area contributed by atoms with Crippen LogP contribution in [-0.4, -0.2) is 35.4 Å². The average molecular weight is 269 g/mol. The average Bonchev–Trinajstić information content (AvgIpc) is 2.83. The van der Waals surface area contributed by atoms with Gasteiger partial charge in [-0.25, -0.2) is 4.98 Å². The molecular weight excluding hydrogens is 246 g/mol. The third-order valence-corrected chi connectivity index (χ3v) is 3.94. The van der Waals surface area contributed by atoms with Gasteiger partial charge in [0.15, 0.2) is 0 Å². The zero-order valence-corrected chi connectivity index (χ0v) is 12.3. The van der Waals surface area contributed by atoms with Gasteiger partial charge in [0.25, 0.3) is 5.91 Å². The summed E-state index contributed by atoms with van der Waals surface area (Å²) in [5, 5.41) is 2.78. The molecule has 0 aliphatic heterocycles. The van der Waals surface area contributed by atoms with Crippen LogP contribution < -0.4 is 5.73 Å². The molecule has 1 aromatic heterocycles. The van der Waals surface area contributed by atoms with Gasteiger partial charge in [0.2, 0.25) is 0 Å². The van der Waals surface area contributed by atoms with E-state index in [1.807, 2.05) is 17.2 Å². The molecule has 0 bridgehead atoms.